The maximum atomic E-state index is 13.0. The smallest absolute Gasteiger partial charge is 0.227 e. The number of hydrogen-bond donors (Lipinski definition) is 1. The van der Waals surface area contributed by atoms with E-state index in [4.69, 9.17) is 9.47 Å². The first-order valence-corrected chi connectivity index (χ1v) is 11.3. The summed E-state index contributed by atoms with van der Waals surface area (Å²) in [5.74, 6) is 3.56. The van der Waals surface area contributed by atoms with E-state index < -0.39 is 0 Å². The number of ether oxygens (including phenoxy) is 2. The van der Waals surface area contributed by atoms with E-state index in [-0.39, 0.29) is 24.2 Å². The van der Waals surface area contributed by atoms with Crippen LogP contribution in [0, 0.1) is 29.1 Å². The van der Waals surface area contributed by atoms with Crippen LogP contribution in [0.4, 0.5) is 5.69 Å². The van der Waals surface area contributed by atoms with Gasteiger partial charge < -0.3 is 19.7 Å². The van der Waals surface area contributed by atoms with Crippen LogP contribution >= 0.6 is 0 Å². The Morgan fingerprint density at radius 1 is 1.10 bits per heavy atom. The molecule has 30 heavy (non-hydrogen) atoms. The summed E-state index contributed by atoms with van der Waals surface area (Å²) in [6.45, 7) is 1.18. The van der Waals surface area contributed by atoms with Gasteiger partial charge in [-0.2, -0.15) is 0 Å². The van der Waals surface area contributed by atoms with E-state index in [0.29, 0.717) is 29.1 Å². The highest BCUT2D eigenvalue weighted by Crippen LogP contribution is 2.59. The summed E-state index contributed by atoms with van der Waals surface area (Å²) in [6, 6.07) is 5.40. The normalized spacial score (nSPS) is 34.3. The van der Waals surface area contributed by atoms with Gasteiger partial charge in [0.1, 0.15) is 11.5 Å². The standard InChI is InChI=1S/C24H32N2O4/c1-29-19-3-4-20(21(9-19)30-2)26-13-18(8-22(26)27)23(28)25-14-24-10-15-5-16(11-24)7-17(6-15)12-24/h3-4,9,15-18H,5-8,10-14H2,1-2H3,(H,25,28)/t15?,16?,17?,18-,24?/m1/s1. The molecule has 2 amide bonds. The fraction of sp³-hybridized carbons (Fsp3) is 0.667. The summed E-state index contributed by atoms with van der Waals surface area (Å²) >= 11 is 0. The third kappa shape index (κ3) is 3.44. The van der Waals surface area contributed by atoms with E-state index in [0.717, 1.165) is 24.3 Å². The molecule has 5 aliphatic rings. The van der Waals surface area contributed by atoms with E-state index in [9.17, 15) is 9.59 Å². The second-order valence-electron chi connectivity index (χ2n) is 10.1. The van der Waals surface area contributed by atoms with Crippen LogP contribution in [0.2, 0.25) is 0 Å². The molecule has 5 fully saturated rings. The van der Waals surface area contributed by atoms with Crippen molar-refractivity contribution in [1.29, 1.82) is 0 Å². The molecule has 1 aliphatic heterocycles. The first-order valence-electron chi connectivity index (χ1n) is 11.3. The number of carbonyl (C=O) groups excluding carboxylic acids is 2. The minimum atomic E-state index is -0.307. The summed E-state index contributed by atoms with van der Waals surface area (Å²) in [4.78, 5) is 27.3. The molecule has 6 nitrogen and oxygen atoms in total. The molecule has 1 aromatic carbocycles. The van der Waals surface area contributed by atoms with Crippen molar-refractivity contribution in [2.24, 2.45) is 29.1 Å². The van der Waals surface area contributed by atoms with Gasteiger partial charge in [-0.05, 0) is 73.8 Å². The average molecular weight is 413 g/mol. The molecule has 6 heteroatoms. The van der Waals surface area contributed by atoms with Crippen molar-refractivity contribution in [3.8, 4) is 11.5 Å². The first-order chi connectivity index (χ1) is 14.5. The third-order valence-corrected chi connectivity index (χ3v) is 7.98. The van der Waals surface area contributed by atoms with E-state index >= 15 is 0 Å². The fourth-order valence-electron chi connectivity index (χ4n) is 7.05. The van der Waals surface area contributed by atoms with Crippen LogP contribution in [-0.2, 0) is 9.59 Å². The molecule has 4 bridgehead atoms. The largest absolute Gasteiger partial charge is 0.497 e. The summed E-state index contributed by atoms with van der Waals surface area (Å²) in [7, 11) is 3.17. The van der Waals surface area contributed by atoms with Crippen molar-refractivity contribution in [2.45, 2.75) is 44.9 Å². The van der Waals surface area contributed by atoms with Crippen LogP contribution in [0.1, 0.15) is 44.9 Å². The molecule has 1 aromatic rings. The Morgan fingerprint density at radius 2 is 1.77 bits per heavy atom. The number of amides is 2. The molecule has 1 saturated heterocycles. The summed E-state index contributed by atoms with van der Waals surface area (Å²) in [5, 5.41) is 3.25. The van der Waals surface area contributed by atoms with Crippen LogP contribution < -0.4 is 19.7 Å². The van der Waals surface area contributed by atoms with Crippen molar-refractivity contribution < 1.29 is 19.1 Å². The van der Waals surface area contributed by atoms with Crippen LogP contribution in [0.15, 0.2) is 18.2 Å². The Morgan fingerprint density at radius 3 is 2.37 bits per heavy atom. The number of benzene rings is 1. The van der Waals surface area contributed by atoms with Crippen LogP contribution in [0.25, 0.3) is 0 Å². The van der Waals surface area contributed by atoms with Gasteiger partial charge in [0.25, 0.3) is 0 Å². The second-order valence-corrected chi connectivity index (χ2v) is 10.1. The average Bonchev–Trinajstić information content (AvgIpc) is 3.12. The van der Waals surface area contributed by atoms with Crippen LogP contribution in [-0.4, -0.2) is 39.1 Å². The summed E-state index contributed by atoms with van der Waals surface area (Å²) in [6.07, 6.45) is 8.30. The Hall–Kier alpha value is -2.24. The second kappa shape index (κ2) is 7.47. The highest BCUT2D eigenvalue weighted by molar-refractivity contribution is 6.01. The number of hydrogen-bond acceptors (Lipinski definition) is 4. The number of nitrogens with one attached hydrogen (secondary N) is 1. The van der Waals surface area contributed by atoms with E-state index in [1.807, 2.05) is 12.1 Å². The minimum absolute atomic E-state index is 0.0223. The highest BCUT2D eigenvalue weighted by atomic mass is 16.5. The molecular weight excluding hydrogens is 380 g/mol. The van der Waals surface area contributed by atoms with Gasteiger partial charge in [-0.15, -0.1) is 0 Å². The fourth-order valence-corrected chi connectivity index (χ4v) is 7.05. The Bertz CT molecular complexity index is 816. The molecule has 6 rings (SSSR count). The van der Waals surface area contributed by atoms with Crippen molar-refractivity contribution >= 4 is 17.5 Å². The predicted molar refractivity (Wildman–Crippen MR) is 114 cm³/mol. The minimum Gasteiger partial charge on any atom is -0.497 e. The zero-order valence-corrected chi connectivity index (χ0v) is 18.0. The molecule has 1 atom stereocenters. The maximum Gasteiger partial charge on any atom is 0.227 e. The van der Waals surface area contributed by atoms with Gasteiger partial charge >= 0.3 is 0 Å². The van der Waals surface area contributed by atoms with E-state index in [1.165, 1.54) is 38.5 Å². The number of anilines is 1. The summed E-state index contributed by atoms with van der Waals surface area (Å²) in [5.41, 5.74) is 1.01. The molecule has 0 radical (unpaired) electrons. The van der Waals surface area contributed by atoms with E-state index in [2.05, 4.69) is 5.32 Å². The van der Waals surface area contributed by atoms with Gasteiger partial charge in [0.2, 0.25) is 11.8 Å². The monoisotopic (exact) mass is 412 g/mol. The molecular formula is C24H32N2O4. The maximum absolute atomic E-state index is 13.0. The molecule has 0 aromatic heterocycles. The van der Waals surface area contributed by atoms with E-state index in [1.54, 1.807) is 25.2 Å². The lowest BCUT2D eigenvalue weighted by molar-refractivity contribution is -0.128. The zero-order chi connectivity index (χ0) is 20.9. The third-order valence-electron chi connectivity index (χ3n) is 7.98. The van der Waals surface area contributed by atoms with Crippen molar-refractivity contribution in [1.82, 2.24) is 5.32 Å². The van der Waals surface area contributed by atoms with Gasteiger partial charge in [0, 0.05) is 25.6 Å². The lowest BCUT2D eigenvalue weighted by Gasteiger charge is -2.57. The molecule has 0 spiro atoms. The van der Waals surface area contributed by atoms with Gasteiger partial charge in [-0.3, -0.25) is 9.59 Å². The lowest BCUT2D eigenvalue weighted by atomic mass is 9.49. The number of nitrogens with zero attached hydrogens (tertiary/aromatic N) is 1. The van der Waals surface area contributed by atoms with Crippen molar-refractivity contribution in [2.75, 3.05) is 32.2 Å². The Balaban J connectivity index is 1.23. The molecule has 1 heterocycles. The van der Waals surface area contributed by atoms with Gasteiger partial charge in [0.15, 0.2) is 0 Å². The zero-order valence-electron chi connectivity index (χ0n) is 18.0. The topological polar surface area (TPSA) is 67.9 Å². The van der Waals surface area contributed by atoms with Crippen LogP contribution in [0.5, 0.6) is 11.5 Å². The molecule has 162 valence electrons. The van der Waals surface area contributed by atoms with Crippen LogP contribution in [0.3, 0.4) is 0 Å². The number of methoxy groups -OCH3 is 2. The number of rotatable bonds is 6. The number of carbonyl (C=O) groups is 2. The Kier molecular flexibility index (Phi) is 4.91. The molecule has 4 aliphatic carbocycles. The molecule has 4 saturated carbocycles. The van der Waals surface area contributed by atoms with Gasteiger partial charge in [0.05, 0.1) is 25.8 Å². The summed E-state index contributed by atoms with van der Waals surface area (Å²) < 4.78 is 10.7. The predicted octanol–water partition coefficient (Wildman–Crippen LogP) is 3.39. The molecule has 0 unspecified atom stereocenters. The Labute approximate surface area is 178 Å². The van der Waals surface area contributed by atoms with Crippen molar-refractivity contribution in [3.63, 3.8) is 0 Å². The SMILES string of the molecule is COc1ccc(N2C[C@H](C(=O)NCC34CC5CC(CC(C5)C3)C4)CC2=O)c(OC)c1. The van der Waals surface area contributed by atoms with Gasteiger partial charge in [-0.25, -0.2) is 0 Å². The van der Waals surface area contributed by atoms with Crippen molar-refractivity contribution in [3.05, 3.63) is 18.2 Å². The lowest BCUT2D eigenvalue weighted by Crippen LogP contribution is -2.51. The quantitative estimate of drug-likeness (QED) is 0.778. The first kappa shape index (κ1) is 19.7. The molecule has 1 N–H and O–H groups in total. The highest BCUT2D eigenvalue weighted by Gasteiger charge is 2.51. The van der Waals surface area contributed by atoms with Gasteiger partial charge in [-0.1, -0.05) is 0 Å².